The second kappa shape index (κ2) is 84.3. The maximum absolute atomic E-state index is 12.7. The number of carbonyl (C=O) groups is 2. The standard InChI is InChI=1S/C42H86N4.C40H81N3O2/c1-3-5-7-9-11-13-15-17-19-21-23-25-27-29-31-33-36-44-38-41-46(42-39-45-37-35-43)40-34-32-30-28-26-24-22-20-18-16-14-12-10-8-6-4-2;1-3-5-7-9-11-13-15-17-19-21-23-25-27-29-31-33-39(44)42-36-38-43(37-35-41)40(45)34-32-30-28-26-24-22-20-18-16-14-12-10-8-6-4-2/h17-20,44-45H,3-16,21-43H2,1-2H3;3-38,41H2,1-2H3,(H,42,44). The molecule has 0 rings (SSSR count). The van der Waals surface area contributed by atoms with Crippen LogP contribution in [0.25, 0.3) is 0 Å². The van der Waals surface area contributed by atoms with E-state index in [4.69, 9.17) is 11.5 Å². The zero-order valence-corrected chi connectivity index (χ0v) is 62.6. The molecule has 0 fully saturated rings. The average molecular weight is 1280 g/mol. The van der Waals surface area contributed by atoms with Crippen LogP contribution in [-0.2, 0) is 9.59 Å². The number of rotatable bonds is 77. The van der Waals surface area contributed by atoms with Crippen molar-refractivity contribution in [3.8, 4) is 0 Å². The van der Waals surface area contributed by atoms with E-state index >= 15 is 0 Å². The lowest BCUT2D eigenvalue weighted by Gasteiger charge is -2.23. The van der Waals surface area contributed by atoms with Crippen LogP contribution in [0.15, 0.2) is 24.3 Å². The Labute approximate surface area is 571 Å². The molecule has 0 saturated heterocycles. The molecule has 0 unspecified atom stereocenters. The van der Waals surface area contributed by atoms with Crippen molar-refractivity contribution in [2.75, 3.05) is 78.5 Å². The molecule has 0 aliphatic rings. The molecule has 0 aromatic rings. The maximum Gasteiger partial charge on any atom is 0.222 e. The van der Waals surface area contributed by atoms with Gasteiger partial charge in [-0.25, -0.2) is 0 Å². The number of carbonyl (C=O) groups excluding carboxylic acids is 2. The molecule has 9 heteroatoms. The summed E-state index contributed by atoms with van der Waals surface area (Å²) in [6, 6.07) is 0. The summed E-state index contributed by atoms with van der Waals surface area (Å²) < 4.78 is 0. The molecule has 0 heterocycles. The van der Waals surface area contributed by atoms with Gasteiger partial charge in [-0.2, -0.15) is 0 Å². The van der Waals surface area contributed by atoms with Crippen molar-refractivity contribution in [2.45, 2.75) is 413 Å². The lowest BCUT2D eigenvalue weighted by atomic mass is 10.0. The molecule has 0 bridgehead atoms. The average Bonchev–Trinajstić information content (AvgIpc) is 3.63. The van der Waals surface area contributed by atoms with Crippen molar-refractivity contribution in [2.24, 2.45) is 11.5 Å². The molecular formula is C82H167N7O2. The van der Waals surface area contributed by atoms with Gasteiger partial charge in [-0.05, 0) is 90.1 Å². The zero-order chi connectivity index (χ0) is 66.2. The monoisotopic (exact) mass is 1280 g/mol. The van der Waals surface area contributed by atoms with E-state index in [1.807, 2.05) is 4.90 Å². The molecule has 0 aromatic carbocycles. The Morgan fingerprint density at radius 3 is 0.912 bits per heavy atom. The quantitative estimate of drug-likeness (QED) is 0.0303. The normalized spacial score (nSPS) is 11.7. The molecule has 0 aromatic heterocycles. The Morgan fingerprint density at radius 1 is 0.275 bits per heavy atom. The first kappa shape index (κ1) is 91.3. The van der Waals surface area contributed by atoms with Gasteiger partial charge in [0.05, 0.1) is 0 Å². The Balaban J connectivity index is 0. The van der Waals surface area contributed by atoms with Crippen LogP contribution in [0.5, 0.6) is 0 Å². The second-order valence-corrected chi connectivity index (χ2v) is 27.9. The van der Waals surface area contributed by atoms with Crippen LogP contribution < -0.4 is 27.4 Å². The molecular weight excluding hydrogens is 1110 g/mol. The van der Waals surface area contributed by atoms with Crippen LogP contribution in [-0.4, -0.2) is 100 Å². The van der Waals surface area contributed by atoms with Crippen molar-refractivity contribution >= 4 is 11.8 Å². The van der Waals surface area contributed by atoms with E-state index in [1.165, 1.54) is 366 Å². The fraction of sp³-hybridized carbons (Fsp3) is 0.927. The van der Waals surface area contributed by atoms with Gasteiger partial charge in [0.15, 0.2) is 0 Å². The minimum atomic E-state index is 0.118. The van der Waals surface area contributed by atoms with Gasteiger partial charge in [0.2, 0.25) is 11.8 Å². The molecule has 2 amide bonds. The van der Waals surface area contributed by atoms with E-state index in [0.29, 0.717) is 39.0 Å². The summed E-state index contributed by atoms with van der Waals surface area (Å²) in [7, 11) is 0. The lowest BCUT2D eigenvalue weighted by molar-refractivity contribution is -0.131. The summed E-state index contributed by atoms with van der Waals surface area (Å²) in [5.41, 5.74) is 11.4. The topological polar surface area (TPSA) is 129 Å². The van der Waals surface area contributed by atoms with Gasteiger partial charge in [0, 0.05) is 78.3 Å². The number of allylic oxidation sites excluding steroid dienone is 4. The molecule has 0 radical (unpaired) electrons. The molecule has 0 spiro atoms. The minimum Gasteiger partial charge on any atom is -0.354 e. The summed E-state index contributed by atoms with van der Waals surface area (Å²) in [6.45, 7) is 19.8. The maximum atomic E-state index is 12.7. The summed E-state index contributed by atoms with van der Waals surface area (Å²) in [6.07, 6.45) is 89.5. The third kappa shape index (κ3) is 80.6. The highest BCUT2D eigenvalue weighted by atomic mass is 16.2. The zero-order valence-electron chi connectivity index (χ0n) is 62.6. The number of amides is 2. The number of nitrogens with two attached hydrogens (primary N) is 2. The first-order valence-electron chi connectivity index (χ1n) is 41.4. The Morgan fingerprint density at radius 2 is 0.571 bits per heavy atom. The molecule has 0 aliphatic carbocycles. The van der Waals surface area contributed by atoms with Crippen molar-refractivity contribution in [3.63, 3.8) is 0 Å². The molecule has 0 saturated carbocycles. The van der Waals surface area contributed by atoms with Crippen molar-refractivity contribution in [3.05, 3.63) is 24.3 Å². The molecule has 9 nitrogen and oxygen atoms in total. The van der Waals surface area contributed by atoms with Crippen LogP contribution in [0.4, 0.5) is 0 Å². The van der Waals surface area contributed by atoms with Crippen molar-refractivity contribution in [1.82, 2.24) is 25.8 Å². The highest BCUT2D eigenvalue weighted by Crippen LogP contribution is 2.18. The van der Waals surface area contributed by atoms with Gasteiger partial charge in [0.25, 0.3) is 0 Å². The Hall–Kier alpha value is -1.78. The van der Waals surface area contributed by atoms with Gasteiger partial charge < -0.3 is 37.2 Å². The third-order valence-electron chi connectivity index (χ3n) is 18.8. The predicted octanol–water partition coefficient (Wildman–Crippen LogP) is 22.9. The van der Waals surface area contributed by atoms with E-state index < -0.39 is 0 Å². The number of unbranched alkanes of at least 4 members (excludes halogenated alkanes) is 52. The largest absolute Gasteiger partial charge is 0.354 e. The highest BCUT2D eigenvalue weighted by Gasteiger charge is 2.13. The summed E-state index contributed by atoms with van der Waals surface area (Å²) in [5.74, 6) is 0.305. The highest BCUT2D eigenvalue weighted by molar-refractivity contribution is 5.77. The summed E-state index contributed by atoms with van der Waals surface area (Å²) in [5, 5.41) is 10.2. The van der Waals surface area contributed by atoms with Gasteiger partial charge in [-0.1, -0.05) is 347 Å². The third-order valence-corrected chi connectivity index (χ3v) is 18.8. The van der Waals surface area contributed by atoms with Gasteiger partial charge in [-0.3, -0.25) is 9.59 Å². The number of nitrogens with zero attached hydrogens (tertiary/aromatic N) is 2. The molecule has 0 aliphatic heterocycles. The van der Waals surface area contributed by atoms with E-state index in [-0.39, 0.29) is 11.8 Å². The number of hydrogen-bond donors (Lipinski definition) is 5. The van der Waals surface area contributed by atoms with Crippen molar-refractivity contribution in [1.29, 1.82) is 0 Å². The van der Waals surface area contributed by atoms with E-state index in [0.717, 1.165) is 58.4 Å². The first-order valence-corrected chi connectivity index (χ1v) is 41.4. The van der Waals surface area contributed by atoms with Gasteiger partial charge >= 0.3 is 0 Å². The SMILES string of the molecule is CCCCCCCCC=CCCCCCCCCNCCN(CCCCCCCCC=CCCCCCCCC)CCNCCN.CCCCCCCCCCCCCCCCCC(=O)NCCN(CCN)C(=O)CCCCCCCCCCCCCCCCC. The number of hydrogen-bond acceptors (Lipinski definition) is 7. The van der Waals surface area contributed by atoms with Crippen LogP contribution in [0.2, 0.25) is 0 Å². The fourth-order valence-corrected chi connectivity index (χ4v) is 12.6. The fourth-order valence-electron chi connectivity index (χ4n) is 12.6. The first-order chi connectivity index (χ1) is 45.0. The van der Waals surface area contributed by atoms with Gasteiger partial charge in [-0.15, -0.1) is 0 Å². The van der Waals surface area contributed by atoms with E-state index in [1.54, 1.807) is 0 Å². The number of nitrogens with one attached hydrogen (secondary N) is 3. The predicted molar refractivity (Wildman–Crippen MR) is 408 cm³/mol. The van der Waals surface area contributed by atoms with E-state index in [2.05, 4.69) is 72.8 Å². The van der Waals surface area contributed by atoms with Crippen LogP contribution in [0.1, 0.15) is 413 Å². The second-order valence-electron chi connectivity index (χ2n) is 27.9. The van der Waals surface area contributed by atoms with Crippen molar-refractivity contribution < 1.29 is 9.59 Å². The molecule has 7 N–H and O–H groups in total. The molecule has 0 atom stereocenters. The minimum absolute atomic E-state index is 0.118. The van der Waals surface area contributed by atoms with Crippen LogP contribution in [0, 0.1) is 0 Å². The summed E-state index contributed by atoms with van der Waals surface area (Å²) >= 11 is 0. The summed E-state index contributed by atoms with van der Waals surface area (Å²) in [4.78, 5) is 29.5. The lowest BCUT2D eigenvalue weighted by Crippen LogP contribution is -2.41. The van der Waals surface area contributed by atoms with Crippen LogP contribution in [0.3, 0.4) is 0 Å². The molecule has 542 valence electrons. The molecule has 91 heavy (non-hydrogen) atoms. The Kier molecular flexibility index (Phi) is 84.6. The van der Waals surface area contributed by atoms with E-state index in [9.17, 15) is 9.59 Å². The van der Waals surface area contributed by atoms with Gasteiger partial charge in [0.1, 0.15) is 0 Å². The smallest absolute Gasteiger partial charge is 0.222 e. The van der Waals surface area contributed by atoms with Crippen LogP contribution >= 0.6 is 0 Å². The Bertz CT molecular complexity index is 1410.